The molecule has 0 unspecified atom stereocenters. The van der Waals surface area contributed by atoms with Gasteiger partial charge in [0, 0.05) is 35.1 Å². The molecular formula is C28H26ClF5N8. The molecule has 8 nitrogen and oxygen atoms in total. The zero-order chi connectivity index (χ0) is 30.6. The van der Waals surface area contributed by atoms with Crippen molar-refractivity contribution in [2.24, 2.45) is 5.41 Å². The second kappa shape index (κ2) is 10.3. The lowest BCUT2D eigenvalue weighted by Crippen LogP contribution is -2.38. The molecule has 0 radical (unpaired) electrons. The molecule has 1 aliphatic carbocycles. The number of rotatable bonds is 8. The van der Waals surface area contributed by atoms with Gasteiger partial charge in [0.1, 0.15) is 17.8 Å². The van der Waals surface area contributed by atoms with Crippen molar-refractivity contribution in [2.45, 2.75) is 58.3 Å². The van der Waals surface area contributed by atoms with Crippen molar-refractivity contribution in [3.63, 3.8) is 0 Å². The van der Waals surface area contributed by atoms with E-state index in [9.17, 15) is 22.8 Å². The van der Waals surface area contributed by atoms with Crippen LogP contribution >= 0.6 is 11.6 Å². The molecule has 42 heavy (non-hydrogen) atoms. The van der Waals surface area contributed by atoms with E-state index in [1.165, 1.54) is 23.0 Å². The molecule has 5 rings (SSSR count). The Morgan fingerprint density at radius 1 is 1.19 bits per heavy atom. The number of hydrogen-bond donors (Lipinski definition) is 2. The van der Waals surface area contributed by atoms with Crippen LogP contribution in [0.3, 0.4) is 0 Å². The van der Waals surface area contributed by atoms with Crippen LogP contribution in [0, 0.1) is 35.6 Å². The fraction of sp³-hybridized carbons (Fsp3) is 0.393. The van der Waals surface area contributed by atoms with Crippen LogP contribution in [0.15, 0.2) is 30.5 Å². The summed E-state index contributed by atoms with van der Waals surface area (Å²) in [6.45, 7) is 4.99. The van der Waals surface area contributed by atoms with Gasteiger partial charge in [-0.2, -0.15) is 27.2 Å². The third-order valence-corrected chi connectivity index (χ3v) is 7.92. The van der Waals surface area contributed by atoms with Crippen LogP contribution in [-0.4, -0.2) is 37.7 Å². The Bertz CT molecular complexity index is 1720. The Hall–Kier alpha value is -4.05. The molecule has 220 valence electrons. The predicted octanol–water partition coefficient (Wildman–Crippen LogP) is 7.04. The average Bonchev–Trinajstić information content (AvgIpc) is 3.53. The Balaban J connectivity index is 1.61. The van der Waals surface area contributed by atoms with Crippen molar-refractivity contribution in [1.82, 2.24) is 25.0 Å². The van der Waals surface area contributed by atoms with Crippen LogP contribution in [-0.2, 0) is 5.54 Å². The number of pyridine rings is 2. The Morgan fingerprint density at radius 2 is 1.90 bits per heavy atom. The first-order valence-corrected chi connectivity index (χ1v) is 13.4. The monoisotopic (exact) mass is 604 g/mol. The van der Waals surface area contributed by atoms with Crippen molar-refractivity contribution in [3.05, 3.63) is 69.9 Å². The highest BCUT2D eigenvalue weighted by Gasteiger charge is 2.47. The van der Waals surface area contributed by atoms with Crippen LogP contribution in [0.5, 0.6) is 0 Å². The molecule has 1 saturated carbocycles. The number of aromatic nitrogens is 5. The Kier molecular flexibility index (Phi) is 7.25. The molecule has 1 fully saturated rings. The van der Waals surface area contributed by atoms with Crippen molar-refractivity contribution < 1.29 is 22.0 Å². The molecule has 14 heteroatoms. The highest BCUT2D eigenvalue weighted by Crippen LogP contribution is 2.44. The van der Waals surface area contributed by atoms with E-state index in [0.717, 1.165) is 32.8 Å². The number of nitriles is 1. The van der Waals surface area contributed by atoms with Crippen molar-refractivity contribution in [3.8, 4) is 6.07 Å². The fourth-order valence-electron chi connectivity index (χ4n) is 4.53. The summed E-state index contributed by atoms with van der Waals surface area (Å²) in [4.78, 5) is 8.11. The van der Waals surface area contributed by atoms with Crippen LogP contribution in [0.2, 0.25) is 5.02 Å². The van der Waals surface area contributed by atoms with E-state index in [0.29, 0.717) is 11.3 Å². The molecule has 1 atom stereocenters. The topological polar surface area (TPSA) is 104 Å². The predicted molar refractivity (Wildman–Crippen MR) is 147 cm³/mol. The molecule has 0 spiro atoms. The zero-order valence-corrected chi connectivity index (χ0v) is 23.8. The van der Waals surface area contributed by atoms with E-state index in [1.807, 2.05) is 13.0 Å². The van der Waals surface area contributed by atoms with Gasteiger partial charge in [0.25, 0.3) is 0 Å². The number of anilines is 2. The quantitative estimate of drug-likeness (QED) is 0.164. The molecule has 3 heterocycles. The standard InChI is InChI=1S/C28H26ClF5N8/c1-14-17(5-6-20(30)38-14)23(24-25(31)42(41-40-24)27(4)7-8-27)39-16-9-18-21(37-13-26(2,3)28(32,33)34)15(11-35)12-36-22(18)19(29)10-16/h5-6,9-10,12,23,39H,7-8,13H2,1-4H3,(H,36,37)/t23-/m0/s1. The number of benzene rings is 1. The molecule has 2 N–H and O–H groups in total. The maximum atomic E-state index is 15.8. The first-order valence-electron chi connectivity index (χ1n) is 13.0. The average molecular weight is 605 g/mol. The van der Waals surface area contributed by atoms with Gasteiger partial charge in [-0.25, -0.2) is 9.67 Å². The first kappa shape index (κ1) is 29.4. The smallest absolute Gasteiger partial charge is 0.382 e. The summed E-state index contributed by atoms with van der Waals surface area (Å²) in [5.74, 6) is -1.39. The Morgan fingerprint density at radius 3 is 2.52 bits per heavy atom. The third-order valence-electron chi connectivity index (χ3n) is 7.63. The van der Waals surface area contributed by atoms with Gasteiger partial charge in [0.15, 0.2) is 0 Å². The number of hydrogen-bond acceptors (Lipinski definition) is 7. The fourth-order valence-corrected chi connectivity index (χ4v) is 4.80. The van der Waals surface area contributed by atoms with Gasteiger partial charge in [0.05, 0.1) is 32.7 Å². The van der Waals surface area contributed by atoms with Gasteiger partial charge in [-0.05, 0) is 58.7 Å². The van der Waals surface area contributed by atoms with Crippen molar-refractivity contribution in [1.29, 1.82) is 5.26 Å². The minimum Gasteiger partial charge on any atom is -0.382 e. The van der Waals surface area contributed by atoms with Gasteiger partial charge >= 0.3 is 6.18 Å². The zero-order valence-electron chi connectivity index (χ0n) is 23.0. The number of nitrogens with one attached hydrogen (secondary N) is 2. The number of nitrogens with zero attached hydrogens (tertiary/aromatic N) is 6. The van der Waals surface area contributed by atoms with Gasteiger partial charge in [-0.15, -0.1) is 5.10 Å². The molecule has 1 aliphatic rings. The van der Waals surface area contributed by atoms with E-state index in [4.69, 9.17) is 11.6 Å². The molecule has 4 aromatic rings. The third kappa shape index (κ3) is 5.31. The molecule has 0 bridgehead atoms. The summed E-state index contributed by atoms with van der Waals surface area (Å²) in [5, 5.41) is 24.2. The highest BCUT2D eigenvalue weighted by molar-refractivity contribution is 6.35. The lowest BCUT2D eigenvalue weighted by molar-refractivity contribution is -0.206. The van der Waals surface area contributed by atoms with Gasteiger partial charge in [-0.3, -0.25) is 4.98 Å². The largest absolute Gasteiger partial charge is 0.395 e. The van der Waals surface area contributed by atoms with Gasteiger partial charge < -0.3 is 10.6 Å². The number of fused-ring (bicyclic) bond motifs is 1. The summed E-state index contributed by atoms with van der Waals surface area (Å²) < 4.78 is 71.6. The summed E-state index contributed by atoms with van der Waals surface area (Å²) in [6.07, 6.45) is -1.81. The number of alkyl halides is 3. The molecule has 0 aliphatic heterocycles. The summed E-state index contributed by atoms with van der Waals surface area (Å²) in [5.41, 5.74) is -1.32. The lowest BCUT2D eigenvalue weighted by atomic mass is 9.92. The number of halogens is 6. The second-order valence-electron chi connectivity index (χ2n) is 11.3. The van der Waals surface area contributed by atoms with Gasteiger partial charge in [-0.1, -0.05) is 22.9 Å². The molecule has 0 amide bonds. The molecule has 3 aromatic heterocycles. The lowest BCUT2D eigenvalue weighted by Gasteiger charge is -2.28. The van der Waals surface area contributed by atoms with E-state index < -0.39 is 41.6 Å². The summed E-state index contributed by atoms with van der Waals surface area (Å²) >= 11 is 6.56. The van der Waals surface area contributed by atoms with Crippen molar-refractivity contribution >= 4 is 33.9 Å². The minimum absolute atomic E-state index is 0.00971. The Labute approximate surface area is 242 Å². The number of aryl methyl sites for hydroxylation is 1. The maximum absolute atomic E-state index is 15.8. The first-order chi connectivity index (χ1) is 19.6. The van der Waals surface area contributed by atoms with E-state index in [1.54, 1.807) is 13.0 Å². The van der Waals surface area contributed by atoms with Crippen LogP contribution in [0.1, 0.15) is 62.2 Å². The normalized spacial score (nSPS) is 15.4. The van der Waals surface area contributed by atoms with E-state index in [-0.39, 0.29) is 38.6 Å². The SMILES string of the molecule is Cc1nc(F)ccc1[C@H](Nc1cc(Cl)c2ncc(C#N)c(NCC(C)(C)C(F)(F)F)c2c1)c1nnn(C2(C)CC2)c1F. The van der Waals surface area contributed by atoms with Crippen LogP contribution < -0.4 is 10.6 Å². The highest BCUT2D eigenvalue weighted by atomic mass is 35.5. The molecule has 1 aromatic carbocycles. The van der Waals surface area contributed by atoms with Gasteiger partial charge in [0.2, 0.25) is 11.9 Å². The van der Waals surface area contributed by atoms with E-state index in [2.05, 4.69) is 30.9 Å². The second-order valence-corrected chi connectivity index (χ2v) is 11.7. The van der Waals surface area contributed by atoms with Crippen molar-refractivity contribution in [2.75, 3.05) is 17.2 Å². The van der Waals surface area contributed by atoms with Crippen LogP contribution in [0.4, 0.5) is 33.3 Å². The minimum atomic E-state index is -4.51. The molecule has 0 saturated heterocycles. The maximum Gasteiger partial charge on any atom is 0.395 e. The van der Waals surface area contributed by atoms with Crippen LogP contribution in [0.25, 0.3) is 10.9 Å². The summed E-state index contributed by atoms with van der Waals surface area (Å²) in [6, 6.07) is 6.60. The molecular weight excluding hydrogens is 579 g/mol. The summed E-state index contributed by atoms with van der Waals surface area (Å²) in [7, 11) is 0. The van der Waals surface area contributed by atoms with E-state index >= 15 is 4.39 Å².